The van der Waals surface area contributed by atoms with Gasteiger partial charge in [0.1, 0.15) is 5.82 Å². The molecule has 0 radical (unpaired) electrons. The number of rotatable bonds is 4. The van der Waals surface area contributed by atoms with Crippen molar-refractivity contribution >= 4 is 21.5 Å². The number of pyridine rings is 1. The van der Waals surface area contributed by atoms with Gasteiger partial charge in [-0.05, 0) is 54.3 Å². The molecule has 0 saturated carbocycles. The largest absolute Gasteiger partial charge is 0.352 e. The Morgan fingerprint density at radius 3 is 2.56 bits per heavy atom. The number of nitrogens with one attached hydrogen (secondary N) is 1. The summed E-state index contributed by atoms with van der Waals surface area (Å²) in [7, 11) is -3.62. The molecule has 138 valence electrons. The van der Waals surface area contributed by atoms with E-state index in [1.165, 1.54) is 11.1 Å². The summed E-state index contributed by atoms with van der Waals surface area (Å²) in [5.74, 6) is 0.850. The lowest BCUT2D eigenvalue weighted by atomic mass is 10.00. The number of fused-ring (bicyclic) bond motifs is 1. The van der Waals surface area contributed by atoms with Gasteiger partial charge >= 0.3 is 0 Å². The Morgan fingerprint density at radius 1 is 1.00 bits per heavy atom. The lowest BCUT2D eigenvalue weighted by Gasteiger charge is -2.29. The maximum absolute atomic E-state index is 12.5. The van der Waals surface area contributed by atoms with E-state index in [2.05, 4.69) is 38.9 Å². The van der Waals surface area contributed by atoms with E-state index in [0.29, 0.717) is 5.69 Å². The molecule has 0 unspecified atom stereocenters. The van der Waals surface area contributed by atoms with E-state index in [1.807, 2.05) is 19.1 Å². The molecule has 0 spiro atoms. The molecule has 6 heteroatoms. The normalized spacial score (nSPS) is 13.9. The minimum atomic E-state index is -3.62. The highest BCUT2D eigenvalue weighted by molar-refractivity contribution is 7.92. The summed E-state index contributed by atoms with van der Waals surface area (Å²) in [5.41, 5.74) is 4.06. The fraction of sp³-hybridized carbons (Fsp3) is 0.190. The first-order valence-electron chi connectivity index (χ1n) is 8.88. The summed E-state index contributed by atoms with van der Waals surface area (Å²) in [4.78, 5) is 6.93. The van der Waals surface area contributed by atoms with Crippen molar-refractivity contribution in [3.05, 3.63) is 83.6 Å². The Morgan fingerprint density at radius 2 is 1.81 bits per heavy atom. The number of hydrogen-bond donors (Lipinski definition) is 1. The molecule has 2 heterocycles. The van der Waals surface area contributed by atoms with Gasteiger partial charge in [0.05, 0.1) is 16.8 Å². The van der Waals surface area contributed by atoms with Crippen LogP contribution in [0.2, 0.25) is 0 Å². The molecule has 1 aromatic heterocycles. The molecule has 1 N–H and O–H groups in total. The van der Waals surface area contributed by atoms with Gasteiger partial charge in [0.25, 0.3) is 10.0 Å². The molecule has 0 fully saturated rings. The Balaban J connectivity index is 1.50. The van der Waals surface area contributed by atoms with Crippen molar-refractivity contribution in [2.24, 2.45) is 0 Å². The Kier molecular flexibility index (Phi) is 4.58. The minimum absolute atomic E-state index is 0.249. The lowest BCUT2D eigenvalue weighted by molar-refractivity contribution is 0.601. The van der Waals surface area contributed by atoms with Gasteiger partial charge in [-0.15, -0.1) is 0 Å². The van der Waals surface area contributed by atoms with E-state index in [4.69, 9.17) is 0 Å². The number of hydrogen-bond acceptors (Lipinski definition) is 4. The summed E-state index contributed by atoms with van der Waals surface area (Å²) >= 11 is 0. The van der Waals surface area contributed by atoms with Crippen molar-refractivity contribution in [3.63, 3.8) is 0 Å². The maximum Gasteiger partial charge on any atom is 0.261 e. The molecule has 1 aliphatic rings. The zero-order valence-electron chi connectivity index (χ0n) is 15.1. The van der Waals surface area contributed by atoms with Crippen LogP contribution in [0.4, 0.5) is 11.5 Å². The molecule has 1 aliphatic heterocycles. The standard InChI is InChI=1S/C21H21N3O2S/c1-16-5-4-8-20(13-16)27(25,26)23-19-9-10-21(22-14-19)24-12-11-17-6-2-3-7-18(17)15-24/h2-10,13-14,23H,11-12,15H2,1H3. The summed E-state index contributed by atoms with van der Waals surface area (Å²) in [6, 6.07) is 18.9. The van der Waals surface area contributed by atoms with Gasteiger partial charge in [0.15, 0.2) is 0 Å². The van der Waals surface area contributed by atoms with Crippen LogP contribution in [0.1, 0.15) is 16.7 Å². The molecule has 0 bridgehead atoms. The van der Waals surface area contributed by atoms with Gasteiger partial charge in [0, 0.05) is 13.1 Å². The number of anilines is 2. The zero-order chi connectivity index (χ0) is 18.9. The number of sulfonamides is 1. The summed E-state index contributed by atoms with van der Waals surface area (Å²) in [6.07, 6.45) is 2.56. The first-order chi connectivity index (χ1) is 13.0. The van der Waals surface area contributed by atoms with Crippen LogP contribution in [0.25, 0.3) is 0 Å². The van der Waals surface area contributed by atoms with Crippen LogP contribution in [0.3, 0.4) is 0 Å². The van der Waals surface area contributed by atoms with Gasteiger partial charge in [-0.25, -0.2) is 13.4 Å². The van der Waals surface area contributed by atoms with Crippen molar-refractivity contribution in [3.8, 4) is 0 Å². The highest BCUT2D eigenvalue weighted by atomic mass is 32.2. The minimum Gasteiger partial charge on any atom is -0.352 e. The van der Waals surface area contributed by atoms with Crippen LogP contribution in [0, 0.1) is 6.92 Å². The van der Waals surface area contributed by atoms with Crippen molar-refractivity contribution in [1.82, 2.24) is 4.98 Å². The van der Waals surface area contributed by atoms with Crippen LogP contribution >= 0.6 is 0 Å². The van der Waals surface area contributed by atoms with Crippen LogP contribution in [-0.4, -0.2) is 19.9 Å². The molecule has 0 aliphatic carbocycles. The van der Waals surface area contributed by atoms with E-state index in [0.717, 1.165) is 30.9 Å². The quantitative estimate of drug-likeness (QED) is 0.750. The third kappa shape index (κ3) is 3.80. The smallest absolute Gasteiger partial charge is 0.261 e. The van der Waals surface area contributed by atoms with E-state index < -0.39 is 10.0 Å². The first-order valence-corrected chi connectivity index (χ1v) is 10.4. The van der Waals surface area contributed by atoms with Crippen LogP contribution in [-0.2, 0) is 23.0 Å². The Bertz CT molecular complexity index is 1060. The Hall–Kier alpha value is -2.86. The molecule has 5 nitrogen and oxygen atoms in total. The highest BCUT2D eigenvalue weighted by Crippen LogP contribution is 2.24. The molecule has 0 saturated heterocycles. The predicted molar refractivity (Wildman–Crippen MR) is 107 cm³/mol. The molecular weight excluding hydrogens is 358 g/mol. The topological polar surface area (TPSA) is 62.3 Å². The average Bonchev–Trinajstić information content (AvgIpc) is 2.68. The second-order valence-electron chi connectivity index (χ2n) is 6.77. The van der Waals surface area contributed by atoms with Crippen LogP contribution < -0.4 is 9.62 Å². The predicted octanol–water partition coefficient (Wildman–Crippen LogP) is 3.75. The van der Waals surface area contributed by atoms with Gasteiger partial charge in [-0.3, -0.25) is 4.72 Å². The summed E-state index contributed by atoms with van der Waals surface area (Å²) in [5, 5.41) is 0. The van der Waals surface area contributed by atoms with E-state index in [1.54, 1.807) is 30.5 Å². The third-order valence-electron chi connectivity index (χ3n) is 4.75. The van der Waals surface area contributed by atoms with Crippen molar-refractivity contribution in [2.45, 2.75) is 24.8 Å². The molecule has 2 aromatic carbocycles. The average molecular weight is 379 g/mol. The lowest BCUT2D eigenvalue weighted by Crippen LogP contribution is -2.30. The molecule has 0 amide bonds. The number of benzene rings is 2. The van der Waals surface area contributed by atoms with E-state index >= 15 is 0 Å². The third-order valence-corrected chi connectivity index (χ3v) is 6.13. The maximum atomic E-state index is 12.5. The molecule has 0 atom stereocenters. The fourth-order valence-electron chi connectivity index (χ4n) is 3.32. The number of aromatic nitrogens is 1. The van der Waals surface area contributed by atoms with Crippen LogP contribution in [0.15, 0.2) is 71.8 Å². The van der Waals surface area contributed by atoms with Crippen LogP contribution in [0.5, 0.6) is 0 Å². The first kappa shape index (κ1) is 17.5. The monoisotopic (exact) mass is 379 g/mol. The summed E-state index contributed by atoms with van der Waals surface area (Å²) in [6.45, 7) is 3.59. The van der Waals surface area contributed by atoms with Crippen molar-refractivity contribution in [1.29, 1.82) is 0 Å². The van der Waals surface area contributed by atoms with E-state index in [9.17, 15) is 8.42 Å². The van der Waals surface area contributed by atoms with Crippen molar-refractivity contribution in [2.75, 3.05) is 16.2 Å². The van der Waals surface area contributed by atoms with Gasteiger partial charge in [-0.2, -0.15) is 0 Å². The second-order valence-corrected chi connectivity index (χ2v) is 8.45. The van der Waals surface area contributed by atoms with Gasteiger partial charge < -0.3 is 4.90 Å². The summed E-state index contributed by atoms with van der Waals surface area (Å²) < 4.78 is 27.7. The van der Waals surface area contributed by atoms with Gasteiger partial charge in [0.2, 0.25) is 0 Å². The molecule has 3 aromatic rings. The van der Waals surface area contributed by atoms with E-state index in [-0.39, 0.29) is 4.90 Å². The molecule has 4 rings (SSSR count). The molecular formula is C21H21N3O2S. The number of aryl methyl sites for hydroxylation is 1. The number of nitrogens with zero attached hydrogens (tertiary/aromatic N) is 2. The second kappa shape index (κ2) is 7.04. The molecule has 27 heavy (non-hydrogen) atoms. The Labute approximate surface area is 159 Å². The van der Waals surface area contributed by atoms with Gasteiger partial charge in [-0.1, -0.05) is 36.4 Å². The zero-order valence-corrected chi connectivity index (χ0v) is 15.9. The highest BCUT2D eigenvalue weighted by Gasteiger charge is 2.18. The van der Waals surface area contributed by atoms with Crippen molar-refractivity contribution < 1.29 is 8.42 Å². The fourth-order valence-corrected chi connectivity index (χ4v) is 4.47. The SMILES string of the molecule is Cc1cccc(S(=O)(=O)Nc2ccc(N3CCc4ccccc4C3)nc2)c1.